The van der Waals surface area contributed by atoms with Gasteiger partial charge in [0.2, 0.25) is 0 Å². The van der Waals surface area contributed by atoms with Gasteiger partial charge in [-0.25, -0.2) is 0 Å². The fraction of sp³-hybridized carbons (Fsp3) is 0.154. The molecule has 0 bridgehead atoms. The summed E-state index contributed by atoms with van der Waals surface area (Å²) >= 11 is 0. The van der Waals surface area contributed by atoms with Crippen LogP contribution in [0.15, 0.2) is 149 Å². The average molecular weight is 738 g/mol. The Balaban J connectivity index is 1.19. The normalized spacial score (nSPS) is 12.9. The molecule has 0 spiro atoms. The smallest absolute Gasteiger partial charge is 0.198 e. The number of furan rings is 2. The van der Waals surface area contributed by atoms with Gasteiger partial charge in [0.05, 0.1) is 11.8 Å². The second-order valence-electron chi connectivity index (χ2n) is 17.8. The van der Waals surface area contributed by atoms with E-state index in [0.717, 1.165) is 72.1 Å². The molecular formula is C52H42BN2O2. The molecule has 0 saturated carbocycles. The molecule has 10 aromatic rings. The first-order valence-corrected chi connectivity index (χ1v) is 19.9. The molecule has 0 fully saturated rings. The van der Waals surface area contributed by atoms with Crippen molar-refractivity contribution in [3.05, 3.63) is 151 Å². The van der Waals surface area contributed by atoms with Crippen molar-refractivity contribution in [2.24, 2.45) is 0 Å². The first-order chi connectivity index (χ1) is 27.5. The van der Waals surface area contributed by atoms with Crippen molar-refractivity contribution in [1.82, 2.24) is 4.57 Å². The van der Waals surface area contributed by atoms with Crippen LogP contribution in [0.4, 0.5) is 11.4 Å². The molecule has 3 aromatic heterocycles. The molecule has 4 heterocycles. The van der Waals surface area contributed by atoms with Gasteiger partial charge in [0, 0.05) is 66.7 Å². The Bertz CT molecular complexity index is 3240. The highest BCUT2D eigenvalue weighted by Crippen LogP contribution is 2.43. The molecule has 0 amide bonds. The molecule has 275 valence electrons. The van der Waals surface area contributed by atoms with Crippen molar-refractivity contribution in [3.63, 3.8) is 0 Å². The van der Waals surface area contributed by atoms with Gasteiger partial charge < -0.3 is 18.7 Å². The molecule has 5 heteroatoms. The second-order valence-corrected chi connectivity index (χ2v) is 17.8. The van der Waals surface area contributed by atoms with E-state index in [9.17, 15) is 0 Å². The largest absolute Gasteiger partial charge is 0.464 e. The van der Waals surface area contributed by atoms with Crippen molar-refractivity contribution in [1.29, 1.82) is 0 Å². The van der Waals surface area contributed by atoms with Crippen LogP contribution in [-0.2, 0) is 10.8 Å². The lowest BCUT2D eigenvalue weighted by Gasteiger charge is -2.26. The van der Waals surface area contributed by atoms with Crippen molar-refractivity contribution < 1.29 is 8.83 Å². The third-order valence-electron chi connectivity index (χ3n) is 12.0. The molecule has 0 unspecified atom stereocenters. The lowest BCUT2D eigenvalue weighted by molar-refractivity contribution is 0.590. The summed E-state index contributed by atoms with van der Waals surface area (Å²) in [6.45, 7) is 13.6. The highest BCUT2D eigenvalue weighted by atomic mass is 16.3. The Hall–Kier alpha value is -6.46. The van der Waals surface area contributed by atoms with Gasteiger partial charge in [-0.3, -0.25) is 0 Å². The maximum atomic E-state index is 6.52. The van der Waals surface area contributed by atoms with Crippen molar-refractivity contribution in [2.45, 2.75) is 52.4 Å². The molecular weight excluding hydrogens is 695 g/mol. The molecule has 7 aromatic carbocycles. The van der Waals surface area contributed by atoms with Gasteiger partial charge in [-0.2, -0.15) is 0 Å². The summed E-state index contributed by atoms with van der Waals surface area (Å²) in [7, 11) is 2.38. The van der Waals surface area contributed by atoms with Gasteiger partial charge in [-0.15, -0.1) is 0 Å². The van der Waals surface area contributed by atoms with E-state index in [0.29, 0.717) is 0 Å². The number of aromatic nitrogens is 1. The van der Waals surface area contributed by atoms with Crippen LogP contribution in [0.1, 0.15) is 52.7 Å². The zero-order valence-corrected chi connectivity index (χ0v) is 33.1. The number of hydrogen-bond acceptors (Lipinski definition) is 3. The number of fused-ring (bicyclic) bond motifs is 9. The molecule has 4 nitrogen and oxygen atoms in total. The lowest BCUT2D eigenvalue weighted by Crippen LogP contribution is -2.37. The molecule has 1 aliphatic heterocycles. The minimum Gasteiger partial charge on any atom is -0.464 e. The van der Waals surface area contributed by atoms with Gasteiger partial charge in [-0.1, -0.05) is 126 Å². The van der Waals surface area contributed by atoms with Crippen LogP contribution in [-0.4, -0.2) is 11.8 Å². The molecule has 0 aliphatic carbocycles. The van der Waals surface area contributed by atoms with Crippen LogP contribution in [0.2, 0.25) is 0 Å². The maximum absolute atomic E-state index is 6.52. The highest BCUT2D eigenvalue weighted by molar-refractivity contribution is 6.73. The monoisotopic (exact) mass is 737 g/mol. The van der Waals surface area contributed by atoms with Crippen LogP contribution in [0.3, 0.4) is 0 Å². The van der Waals surface area contributed by atoms with Crippen molar-refractivity contribution in [2.75, 3.05) is 5.32 Å². The summed E-state index contributed by atoms with van der Waals surface area (Å²) in [6, 6.07) is 48.4. The van der Waals surface area contributed by atoms with E-state index in [1.165, 1.54) is 44.0 Å². The molecule has 1 radical (unpaired) electrons. The van der Waals surface area contributed by atoms with Crippen LogP contribution in [0, 0.1) is 0 Å². The number of hydrogen-bond donors (Lipinski definition) is 1. The Kier molecular flexibility index (Phi) is 7.14. The predicted octanol–water partition coefficient (Wildman–Crippen LogP) is 13.1. The second kappa shape index (κ2) is 12.0. The number of para-hydroxylation sites is 1. The van der Waals surface area contributed by atoms with E-state index >= 15 is 0 Å². The Labute approximate surface area is 333 Å². The third kappa shape index (κ3) is 5.29. The highest BCUT2D eigenvalue weighted by Gasteiger charge is 2.29. The molecule has 57 heavy (non-hydrogen) atoms. The summed E-state index contributed by atoms with van der Waals surface area (Å²) in [4.78, 5) is 0. The van der Waals surface area contributed by atoms with Crippen LogP contribution >= 0.6 is 0 Å². The lowest BCUT2D eigenvalue weighted by atomic mass is 9.59. The first-order valence-electron chi connectivity index (χ1n) is 19.9. The van der Waals surface area contributed by atoms with E-state index in [2.05, 4.69) is 186 Å². The number of nitrogens with one attached hydrogen (secondary N) is 1. The first kappa shape index (κ1) is 33.8. The van der Waals surface area contributed by atoms with Crippen LogP contribution < -0.4 is 16.2 Å². The maximum Gasteiger partial charge on any atom is 0.198 e. The topological polar surface area (TPSA) is 43.2 Å². The third-order valence-corrected chi connectivity index (χ3v) is 12.0. The zero-order chi connectivity index (χ0) is 38.8. The summed E-state index contributed by atoms with van der Waals surface area (Å²) in [6.07, 6.45) is 1.90. The minimum atomic E-state index is -0.0353. The Morgan fingerprint density at radius 2 is 1.30 bits per heavy atom. The summed E-state index contributed by atoms with van der Waals surface area (Å²) in [5.74, 6) is 0. The number of benzene rings is 7. The van der Waals surface area contributed by atoms with Crippen molar-refractivity contribution in [3.8, 4) is 27.9 Å². The minimum absolute atomic E-state index is 0.0353. The fourth-order valence-corrected chi connectivity index (χ4v) is 8.91. The molecule has 1 aliphatic rings. The predicted molar refractivity (Wildman–Crippen MR) is 241 cm³/mol. The standard InChI is InChI=1S/C52H42BN2O2/c1-51(2,3)31-16-19-33(20-17-31)54-43-23-18-32(52(4,5)6)24-37(43)35-21-22-36-38-25-39-34-14-10-11-15-46(34)57-48(39)28-44(38)55-45-26-40-41(30-12-8-7-9-13-30)29-56-47(40)27-42(45)53-49(35)50(36)55/h7-29,54H,1-6H3. The summed E-state index contributed by atoms with van der Waals surface area (Å²) in [5.41, 5.74) is 17.7. The van der Waals surface area contributed by atoms with Gasteiger partial charge in [0.25, 0.3) is 0 Å². The van der Waals surface area contributed by atoms with Crippen LogP contribution in [0.5, 0.6) is 0 Å². The van der Waals surface area contributed by atoms with E-state index < -0.39 is 0 Å². The van der Waals surface area contributed by atoms with Gasteiger partial charge in [-0.05, 0) is 87.1 Å². The number of anilines is 2. The van der Waals surface area contributed by atoms with Gasteiger partial charge in [0.1, 0.15) is 16.7 Å². The van der Waals surface area contributed by atoms with E-state index in [4.69, 9.17) is 8.83 Å². The van der Waals surface area contributed by atoms with Crippen molar-refractivity contribution >= 4 is 84.3 Å². The quantitative estimate of drug-likeness (QED) is 0.183. The molecule has 0 atom stereocenters. The SMILES string of the molecule is CC(C)(C)c1ccc(Nc2ccc(C(C)(C)C)cc2-c2ccc3c4cc5c(cc4n4c3c2[B]c2cc3occ(-c6ccccc6)c3cc2-4)oc2ccccc25)cc1. The molecule has 1 N–H and O–H groups in total. The molecule has 0 saturated heterocycles. The summed E-state index contributed by atoms with van der Waals surface area (Å²) in [5, 5.41) is 9.61. The van der Waals surface area contributed by atoms with E-state index in [-0.39, 0.29) is 10.8 Å². The average Bonchev–Trinajstić information content (AvgIpc) is 3.88. The fourth-order valence-electron chi connectivity index (χ4n) is 8.91. The van der Waals surface area contributed by atoms with Gasteiger partial charge >= 0.3 is 0 Å². The van der Waals surface area contributed by atoms with E-state index in [1.54, 1.807) is 0 Å². The Morgan fingerprint density at radius 1 is 0.544 bits per heavy atom. The Morgan fingerprint density at radius 3 is 2.09 bits per heavy atom. The number of rotatable bonds is 4. The molecule has 11 rings (SSSR count). The number of nitrogens with zero attached hydrogens (tertiary/aromatic N) is 1. The van der Waals surface area contributed by atoms with Gasteiger partial charge in [0.15, 0.2) is 7.28 Å². The van der Waals surface area contributed by atoms with E-state index in [1.807, 2.05) is 12.3 Å². The summed E-state index contributed by atoms with van der Waals surface area (Å²) < 4.78 is 15.3. The zero-order valence-electron chi connectivity index (χ0n) is 33.1. The van der Waals surface area contributed by atoms with Crippen LogP contribution in [0.25, 0.3) is 82.7 Å².